The van der Waals surface area contributed by atoms with Crippen molar-refractivity contribution in [3.8, 4) is 0 Å². The van der Waals surface area contributed by atoms with Crippen LogP contribution in [0.15, 0.2) is 71.3 Å². The van der Waals surface area contributed by atoms with E-state index < -0.39 is 17.6 Å². The number of hydrogen-bond donors (Lipinski definition) is 2. The lowest BCUT2D eigenvalue weighted by Gasteiger charge is -2.09. The normalized spacial score (nSPS) is 11.2. The first kappa shape index (κ1) is 17.6. The van der Waals surface area contributed by atoms with E-state index in [0.717, 1.165) is 35.7 Å². The Bertz CT molecular complexity index is 855. The third kappa shape index (κ3) is 4.44. The molecule has 0 saturated carbocycles. The van der Waals surface area contributed by atoms with Gasteiger partial charge in [-0.15, -0.1) is 0 Å². The van der Waals surface area contributed by atoms with Crippen LogP contribution < -0.4 is 10.6 Å². The Kier molecular flexibility index (Phi) is 4.97. The van der Waals surface area contributed by atoms with Crippen LogP contribution in [0.3, 0.4) is 0 Å². The molecule has 2 aromatic carbocycles. The summed E-state index contributed by atoms with van der Waals surface area (Å²) in [6.07, 6.45) is -2.83. The van der Waals surface area contributed by atoms with Crippen LogP contribution in [0.4, 0.5) is 24.5 Å². The lowest BCUT2D eigenvalue weighted by Crippen LogP contribution is -2.12. The lowest BCUT2D eigenvalue weighted by molar-refractivity contribution is -0.137. The first-order chi connectivity index (χ1) is 12.4. The second kappa shape index (κ2) is 7.35. The summed E-state index contributed by atoms with van der Waals surface area (Å²) < 4.78 is 42.9. The Morgan fingerprint density at radius 3 is 2.15 bits per heavy atom. The van der Waals surface area contributed by atoms with Crippen molar-refractivity contribution in [3.05, 3.63) is 83.8 Å². The van der Waals surface area contributed by atoms with Gasteiger partial charge in [-0.2, -0.15) is 13.2 Å². The largest absolute Gasteiger partial charge is 0.467 e. The van der Waals surface area contributed by atoms with Gasteiger partial charge in [-0.1, -0.05) is 0 Å². The highest BCUT2D eigenvalue weighted by molar-refractivity contribution is 6.04. The molecule has 0 spiro atoms. The molecule has 3 rings (SSSR count). The first-order valence-corrected chi connectivity index (χ1v) is 7.77. The zero-order chi connectivity index (χ0) is 18.6. The minimum atomic E-state index is -4.42. The minimum absolute atomic E-state index is 0.151. The average Bonchev–Trinajstić information content (AvgIpc) is 3.14. The third-order valence-corrected chi connectivity index (χ3v) is 3.66. The third-order valence-electron chi connectivity index (χ3n) is 3.66. The summed E-state index contributed by atoms with van der Waals surface area (Å²) in [7, 11) is 0. The van der Waals surface area contributed by atoms with E-state index in [4.69, 9.17) is 4.42 Å². The summed E-state index contributed by atoms with van der Waals surface area (Å²) in [5.41, 5.74) is 0.742. The number of alkyl halides is 3. The van der Waals surface area contributed by atoms with Gasteiger partial charge >= 0.3 is 6.18 Å². The highest BCUT2D eigenvalue weighted by Crippen LogP contribution is 2.29. The van der Waals surface area contributed by atoms with Crippen molar-refractivity contribution in [3.63, 3.8) is 0 Å². The van der Waals surface area contributed by atoms with Crippen molar-refractivity contribution < 1.29 is 22.4 Å². The predicted molar refractivity (Wildman–Crippen MR) is 91.9 cm³/mol. The molecule has 0 aliphatic rings. The number of anilines is 2. The van der Waals surface area contributed by atoms with E-state index in [2.05, 4.69) is 10.6 Å². The average molecular weight is 360 g/mol. The van der Waals surface area contributed by atoms with Crippen molar-refractivity contribution in [1.29, 1.82) is 0 Å². The monoisotopic (exact) mass is 360 g/mol. The molecule has 134 valence electrons. The summed E-state index contributed by atoms with van der Waals surface area (Å²) in [5, 5.41) is 5.81. The summed E-state index contributed by atoms with van der Waals surface area (Å²) >= 11 is 0. The molecule has 0 aliphatic carbocycles. The number of amides is 1. The predicted octanol–water partition coefficient (Wildman–Crippen LogP) is 5.16. The number of halogens is 3. The van der Waals surface area contributed by atoms with Crippen molar-refractivity contribution in [2.45, 2.75) is 12.7 Å². The van der Waals surface area contributed by atoms with Crippen LogP contribution in [0.1, 0.15) is 21.7 Å². The molecular weight excluding hydrogens is 345 g/mol. The Labute approximate surface area is 147 Å². The van der Waals surface area contributed by atoms with Crippen molar-refractivity contribution in [1.82, 2.24) is 0 Å². The maximum atomic E-state index is 12.5. The standard InChI is InChI=1S/C19H15F3N2O2/c20-19(21,22)14-5-3-13(4-6-14)18(25)24-16-9-7-15(8-10-16)23-12-17-2-1-11-26-17/h1-11,23H,12H2,(H,24,25). The fourth-order valence-corrected chi connectivity index (χ4v) is 2.29. The van der Waals surface area contributed by atoms with Crippen LogP contribution in [0, 0.1) is 0 Å². The van der Waals surface area contributed by atoms with Crippen LogP contribution >= 0.6 is 0 Å². The molecule has 0 radical (unpaired) electrons. The lowest BCUT2D eigenvalue weighted by atomic mass is 10.1. The van der Waals surface area contributed by atoms with Gasteiger partial charge in [0.05, 0.1) is 18.4 Å². The van der Waals surface area contributed by atoms with Gasteiger partial charge in [0.1, 0.15) is 5.76 Å². The highest BCUT2D eigenvalue weighted by Gasteiger charge is 2.30. The topological polar surface area (TPSA) is 54.3 Å². The molecule has 1 heterocycles. The van der Waals surface area contributed by atoms with Crippen molar-refractivity contribution in [2.24, 2.45) is 0 Å². The molecule has 1 amide bonds. The molecule has 2 N–H and O–H groups in total. The fraction of sp³-hybridized carbons (Fsp3) is 0.105. The Morgan fingerprint density at radius 2 is 1.58 bits per heavy atom. The molecule has 7 heteroatoms. The van der Waals surface area contributed by atoms with Gasteiger partial charge in [-0.25, -0.2) is 0 Å². The molecule has 4 nitrogen and oxygen atoms in total. The number of rotatable bonds is 5. The van der Waals surface area contributed by atoms with Gasteiger partial charge in [0.15, 0.2) is 0 Å². The van der Waals surface area contributed by atoms with Crippen LogP contribution in [0.2, 0.25) is 0 Å². The summed E-state index contributed by atoms with van der Waals surface area (Å²) in [6, 6.07) is 14.7. The van der Waals surface area contributed by atoms with Crippen molar-refractivity contribution in [2.75, 3.05) is 10.6 Å². The van der Waals surface area contributed by atoms with Gasteiger partial charge in [0.2, 0.25) is 0 Å². The maximum Gasteiger partial charge on any atom is 0.416 e. The van der Waals surface area contributed by atoms with Gasteiger partial charge < -0.3 is 15.1 Å². The van der Waals surface area contributed by atoms with Gasteiger partial charge in [0.25, 0.3) is 5.91 Å². The summed E-state index contributed by atoms with van der Waals surface area (Å²) in [4.78, 5) is 12.1. The van der Waals surface area contributed by atoms with E-state index in [1.807, 2.05) is 6.07 Å². The quantitative estimate of drug-likeness (QED) is 0.661. The first-order valence-electron chi connectivity index (χ1n) is 7.77. The second-order valence-electron chi connectivity index (χ2n) is 5.54. The van der Waals surface area contributed by atoms with E-state index in [-0.39, 0.29) is 5.56 Å². The number of benzene rings is 2. The van der Waals surface area contributed by atoms with E-state index >= 15 is 0 Å². The van der Waals surface area contributed by atoms with Crippen LogP contribution in [-0.4, -0.2) is 5.91 Å². The van der Waals surface area contributed by atoms with E-state index in [1.165, 1.54) is 0 Å². The smallest absolute Gasteiger partial charge is 0.416 e. The molecule has 1 aromatic heterocycles. The van der Waals surface area contributed by atoms with Crippen LogP contribution in [-0.2, 0) is 12.7 Å². The Morgan fingerprint density at radius 1 is 0.923 bits per heavy atom. The van der Waals surface area contributed by atoms with E-state index in [0.29, 0.717) is 12.2 Å². The van der Waals surface area contributed by atoms with E-state index in [9.17, 15) is 18.0 Å². The summed E-state index contributed by atoms with van der Waals surface area (Å²) in [6.45, 7) is 0.532. The molecule has 0 bridgehead atoms. The van der Waals surface area contributed by atoms with Gasteiger partial charge in [-0.3, -0.25) is 4.79 Å². The van der Waals surface area contributed by atoms with Crippen LogP contribution in [0.25, 0.3) is 0 Å². The SMILES string of the molecule is O=C(Nc1ccc(NCc2ccco2)cc1)c1ccc(C(F)(F)F)cc1. The molecule has 0 fully saturated rings. The zero-order valence-electron chi connectivity index (χ0n) is 13.5. The molecule has 0 unspecified atom stereocenters. The minimum Gasteiger partial charge on any atom is -0.467 e. The summed E-state index contributed by atoms with van der Waals surface area (Å²) in [5.74, 6) is 0.319. The van der Waals surface area contributed by atoms with Crippen molar-refractivity contribution >= 4 is 17.3 Å². The Balaban J connectivity index is 1.58. The number of nitrogens with one attached hydrogen (secondary N) is 2. The van der Waals surface area contributed by atoms with Gasteiger partial charge in [-0.05, 0) is 60.7 Å². The molecule has 3 aromatic rings. The second-order valence-corrected chi connectivity index (χ2v) is 5.54. The molecular formula is C19H15F3N2O2. The molecule has 0 atom stereocenters. The fourth-order valence-electron chi connectivity index (χ4n) is 2.29. The maximum absolute atomic E-state index is 12.5. The zero-order valence-corrected chi connectivity index (χ0v) is 13.5. The van der Waals surface area contributed by atoms with E-state index in [1.54, 1.807) is 36.6 Å². The number of carbonyl (C=O) groups excluding carboxylic acids is 1. The molecule has 26 heavy (non-hydrogen) atoms. The number of furan rings is 1. The molecule has 0 saturated heterocycles. The Hall–Kier alpha value is -3.22. The number of carbonyl (C=O) groups is 1. The number of hydrogen-bond acceptors (Lipinski definition) is 3. The van der Waals surface area contributed by atoms with Gasteiger partial charge in [0, 0.05) is 16.9 Å². The highest BCUT2D eigenvalue weighted by atomic mass is 19.4. The molecule has 0 aliphatic heterocycles. The van der Waals surface area contributed by atoms with Crippen LogP contribution in [0.5, 0.6) is 0 Å².